The molecule has 0 saturated heterocycles. The van der Waals surface area contributed by atoms with Crippen LogP contribution in [-0.2, 0) is 0 Å². The van der Waals surface area contributed by atoms with Crippen molar-refractivity contribution in [2.45, 2.75) is 5.92 Å². The Kier molecular flexibility index (Phi) is 6.03. The highest BCUT2D eigenvalue weighted by molar-refractivity contribution is 6.05. The minimum atomic E-state index is -0.688. The molecule has 0 radical (unpaired) electrons. The molecule has 8 nitrogen and oxygen atoms in total. The number of aliphatic hydroxyl groups excluding tert-OH is 1. The van der Waals surface area contributed by atoms with Gasteiger partial charge in [0.05, 0.1) is 47.6 Å². The molecule has 3 rings (SSSR count). The summed E-state index contributed by atoms with van der Waals surface area (Å²) in [6.07, 6.45) is 0. The van der Waals surface area contributed by atoms with E-state index >= 15 is 0 Å². The van der Waals surface area contributed by atoms with Crippen molar-refractivity contribution in [1.82, 2.24) is 0 Å². The van der Waals surface area contributed by atoms with Crippen molar-refractivity contribution in [3.8, 4) is 34.5 Å². The molecule has 0 aliphatic carbocycles. The topological polar surface area (TPSA) is 104 Å². The van der Waals surface area contributed by atoms with Crippen molar-refractivity contribution < 1.29 is 38.7 Å². The molecule has 156 valence electrons. The fourth-order valence-corrected chi connectivity index (χ4v) is 3.62. The predicted molar refractivity (Wildman–Crippen MR) is 104 cm³/mol. The van der Waals surface area contributed by atoms with Gasteiger partial charge in [0.2, 0.25) is 5.75 Å². The van der Waals surface area contributed by atoms with Crippen LogP contribution < -0.4 is 23.7 Å². The van der Waals surface area contributed by atoms with E-state index in [4.69, 9.17) is 23.7 Å². The van der Waals surface area contributed by atoms with E-state index in [1.165, 1.54) is 34.5 Å². The number of methoxy groups -OCH3 is 4. The molecule has 1 aliphatic rings. The Bertz CT molecular complexity index is 908. The first-order valence-corrected chi connectivity index (χ1v) is 8.98. The molecule has 0 spiro atoms. The Labute approximate surface area is 168 Å². The Morgan fingerprint density at radius 3 is 2.28 bits per heavy atom. The number of rotatable bonds is 7. The van der Waals surface area contributed by atoms with Gasteiger partial charge in [-0.1, -0.05) is 6.07 Å². The third kappa shape index (κ3) is 3.51. The molecule has 2 aromatic carbocycles. The molecule has 0 aromatic heterocycles. The maximum atomic E-state index is 13.4. The number of aliphatic hydroxyl groups is 1. The third-order valence-electron chi connectivity index (χ3n) is 5.11. The quantitative estimate of drug-likeness (QED) is 0.725. The molecule has 0 bridgehead atoms. The van der Waals surface area contributed by atoms with Gasteiger partial charge in [-0.15, -0.1) is 0 Å². The molecule has 0 fully saturated rings. The monoisotopic (exact) mass is 404 g/mol. The highest BCUT2D eigenvalue weighted by Crippen LogP contribution is 2.49. The van der Waals surface area contributed by atoms with E-state index in [-0.39, 0.29) is 41.8 Å². The molecule has 2 aromatic rings. The van der Waals surface area contributed by atoms with Crippen LogP contribution in [0.3, 0.4) is 0 Å². The van der Waals surface area contributed by atoms with E-state index in [9.17, 15) is 15.0 Å². The summed E-state index contributed by atoms with van der Waals surface area (Å²) in [7, 11) is 5.81. The molecule has 1 heterocycles. The number of benzene rings is 2. The number of phenols is 1. The van der Waals surface area contributed by atoms with Crippen molar-refractivity contribution in [3.63, 3.8) is 0 Å². The number of aromatic hydroxyl groups is 1. The normalized spacial score (nSPS) is 16.4. The van der Waals surface area contributed by atoms with Gasteiger partial charge in [0.25, 0.3) is 0 Å². The first-order chi connectivity index (χ1) is 14.0. The molecule has 29 heavy (non-hydrogen) atoms. The van der Waals surface area contributed by atoms with Crippen LogP contribution in [0.5, 0.6) is 34.5 Å². The summed E-state index contributed by atoms with van der Waals surface area (Å²) in [5, 5.41) is 20.1. The zero-order valence-corrected chi connectivity index (χ0v) is 16.7. The number of ketones is 1. The molecule has 2 N–H and O–H groups in total. The Morgan fingerprint density at radius 1 is 1.03 bits per heavy atom. The molecule has 0 amide bonds. The molecule has 2 unspecified atom stereocenters. The van der Waals surface area contributed by atoms with Gasteiger partial charge in [-0.3, -0.25) is 4.79 Å². The van der Waals surface area contributed by atoms with Gasteiger partial charge in [0.15, 0.2) is 28.8 Å². The van der Waals surface area contributed by atoms with Gasteiger partial charge in [-0.25, -0.2) is 0 Å². The van der Waals surface area contributed by atoms with E-state index in [0.29, 0.717) is 22.8 Å². The molecule has 0 saturated carbocycles. The number of Topliss-reactive ketones (excluding diaryl/α,β-unsaturated/α-hetero) is 1. The summed E-state index contributed by atoms with van der Waals surface area (Å²) >= 11 is 0. The van der Waals surface area contributed by atoms with Crippen LogP contribution in [0.1, 0.15) is 21.8 Å². The Hall–Kier alpha value is -3.13. The van der Waals surface area contributed by atoms with Crippen LogP contribution in [0.2, 0.25) is 0 Å². The summed E-state index contributed by atoms with van der Waals surface area (Å²) in [4.78, 5) is 13.4. The summed E-state index contributed by atoms with van der Waals surface area (Å²) < 4.78 is 27.0. The lowest BCUT2D eigenvalue weighted by Crippen LogP contribution is -2.34. The van der Waals surface area contributed by atoms with Crippen molar-refractivity contribution in [3.05, 3.63) is 35.4 Å². The second-order valence-corrected chi connectivity index (χ2v) is 6.52. The Morgan fingerprint density at radius 2 is 1.72 bits per heavy atom. The maximum absolute atomic E-state index is 13.4. The summed E-state index contributed by atoms with van der Waals surface area (Å²) in [6, 6.07) is 6.35. The fourth-order valence-electron chi connectivity index (χ4n) is 3.62. The summed E-state index contributed by atoms with van der Waals surface area (Å²) in [6.45, 7) is -0.251. The molecule has 8 heteroatoms. The van der Waals surface area contributed by atoms with Gasteiger partial charge in [-0.2, -0.15) is 0 Å². The second kappa shape index (κ2) is 8.48. The lowest BCUT2D eigenvalue weighted by atomic mass is 9.80. The van der Waals surface area contributed by atoms with Crippen molar-refractivity contribution in [2.24, 2.45) is 5.92 Å². The van der Waals surface area contributed by atoms with Gasteiger partial charge in [0, 0.05) is 12.0 Å². The average molecular weight is 404 g/mol. The van der Waals surface area contributed by atoms with Gasteiger partial charge < -0.3 is 33.9 Å². The van der Waals surface area contributed by atoms with Crippen LogP contribution >= 0.6 is 0 Å². The molecule has 1 aliphatic heterocycles. The van der Waals surface area contributed by atoms with E-state index in [2.05, 4.69) is 0 Å². The van der Waals surface area contributed by atoms with E-state index in [0.717, 1.165) is 0 Å². The highest BCUT2D eigenvalue weighted by Gasteiger charge is 2.39. The van der Waals surface area contributed by atoms with Crippen LogP contribution in [0.4, 0.5) is 0 Å². The van der Waals surface area contributed by atoms with Gasteiger partial charge in [-0.05, 0) is 17.7 Å². The number of hydrogen-bond acceptors (Lipinski definition) is 8. The largest absolute Gasteiger partial charge is 0.504 e. The zero-order chi connectivity index (χ0) is 21.1. The fraction of sp³-hybridized carbons (Fsp3) is 0.381. The average Bonchev–Trinajstić information content (AvgIpc) is 2.74. The minimum absolute atomic E-state index is 0.0580. The summed E-state index contributed by atoms with van der Waals surface area (Å²) in [5.74, 6) is -0.0866. The van der Waals surface area contributed by atoms with Crippen LogP contribution in [-0.4, -0.2) is 57.6 Å². The molecular weight excluding hydrogens is 380 g/mol. The van der Waals surface area contributed by atoms with E-state index in [1.807, 2.05) is 0 Å². The van der Waals surface area contributed by atoms with E-state index in [1.54, 1.807) is 18.2 Å². The van der Waals surface area contributed by atoms with Gasteiger partial charge >= 0.3 is 0 Å². The third-order valence-corrected chi connectivity index (χ3v) is 5.11. The number of hydrogen-bond donors (Lipinski definition) is 2. The first kappa shape index (κ1) is 20.6. The van der Waals surface area contributed by atoms with Crippen LogP contribution in [0.15, 0.2) is 24.3 Å². The number of phenolic OH excluding ortho intramolecular Hbond substituents is 1. The molecular formula is C21H24O8. The number of carbonyl (C=O) groups is 1. The zero-order valence-electron chi connectivity index (χ0n) is 16.7. The number of fused-ring (bicyclic) bond motifs is 1. The van der Waals surface area contributed by atoms with Crippen LogP contribution in [0.25, 0.3) is 0 Å². The lowest BCUT2D eigenvalue weighted by molar-refractivity contribution is 0.0746. The smallest absolute Gasteiger partial charge is 0.204 e. The predicted octanol–water partition coefficient (Wildman–Crippen LogP) is 2.39. The van der Waals surface area contributed by atoms with Crippen molar-refractivity contribution >= 4 is 5.78 Å². The van der Waals surface area contributed by atoms with Crippen molar-refractivity contribution in [2.75, 3.05) is 41.7 Å². The van der Waals surface area contributed by atoms with Gasteiger partial charge in [0.1, 0.15) is 11.3 Å². The van der Waals surface area contributed by atoms with Crippen LogP contribution in [0, 0.1) is 5.92 Å². The minimum Gasteiger partial charge on any atom is -0.504 e. The van der Waals surface area contributed by atoms with Crippen molar-refractivity contribution in [1.29, 1.82) is 0 Å². The number of carbonyl (C=O) groups excluding carboxylic acids is 1. The first-order valence-electron chi connectivity index (χ1n) is 8.98. The standard InChI is InChI=1S/C21H24O8/c1-25-15-6-5-11(7-14(15)23)12(9-22)13-10-29-16-8-17(26-2)20(27-3)21(28-4)18(16)19(13)24/h5-8,12-13,22-23H,9-10H2,1-4H3. The molecule has 2 atom stereocenters. The SMILES string of the molecule is COc1ccc(C(CO)C2COc3cc(OC)c(OC)c(OC)c3C2=O)cc1O. The lowest BCUT2D eigenvalue weighted by Gasteiger charge is -2.31. The Balaban J connectivity index is 2.05. The summed E-state index contributed by atoms with van der Waals surface area (Å²) in [5.41, 5.74) is 0.827. The number of ether oxygens (including phenoxy) is 5. The van der Waals surface area contributed by atoms with E-state index < -0.39 is 11.8 Å². The second-order valence-electron chi connectivity index (χ2n) is 6.52. The highest BCUT2D eigenvalue weighted by atomic mass is 16.5. The maximum Gasteiger partial charge on any atom is 0.204 e.